The van der Waals surface area contributed by atoms with E-state index in [4.69, 9.17) is 5.73 Å². The van der Waals surface area contributed by atoms with E-state index in [-0.39, 0.29) is 22.0 Å². The molecule has 0 rings (SSSR count). The third kappa shape index (κ3) is 9.56. The molecule has 0 radical (unpaired) electrons. The summed E-state index contributed by atoms with van der Waals surface area (Å²) >= 11 is 0. The van der Waals surface area contributed by atoms with E-state index in [1.54, 1.807) is 0 Å². The van der Waals surface area contributed by atoms with Gasteiger partial charge in [0.25, 0.3) is 0 Å². The van der Waals surface area contributed by atoms with Gasteiger partial charge in [0, 0.05) is 35.2 Å². The summed E-state index contributed by atoms with van der Waals surface area (Å²) in [4.78, 5) is 2.74. The van der Waals surface area contributed by atoms with Crippen molar-refractivity contribution in [1.29, 1.82) is 0 Å². The molecule has 0 saturated heterocycles. The van der Waals surface area contributed by atoms with Crippen LogP contribution in [-0.4, -0.2) is 53.2 Å². The molecule has 0 saturated carbocycles. The fourth-order valence-electron chi connectivity index (χ4n) is 3.89. The zero-order valence-corrected chi connectivity index (χ0v) is 21.4. The van der Waals surface area contributed by atoms with Gasteiger partial charge < -0.3 is 16.4 Å². The van der Waals surface area contributed by atoms with Gasteiger partial charge in [0.1, 0.15) is 0 Å². The van der Waals surface area contributed by atoms with Gasteiger partial charge in [-0.15, -0.1) is 0 Å². The molecular weight excluding hydrogens is 344 g/mol. The first-order valence-electron chi connectivity index (χ1n) is 11.5. The maximum Gasteiger partial charge on any atom is 0.0209 e. The highest BCUT2D eigenvalue weighted by atomic mass is 15.3. The quantitative estimate of drug-likeness (QED) is 0.394. The van der Waals surface area contributed by atoms with Crippen LogP contribution in [0.3, 0.4) is 0 Å². The zero-order valence-electron chi connectivity index (χ0n) is 21.4. The highest BCUT2D eigenvalue weighted by molar-refractivity contribution is 5.01. The molecule has 28 heavy (non-hydrogen) atoms. The van der Waals surface area contributed by atoms with E-state index in [1.165, 1.54) is 0 Å². The maximum atomic E-state index is 6.38. The lowest BCUT2D eigenvalue weighted by molar-refractivity contribution is -0.0633. The van der Waals surface area contributed by atoms with E-state index < -0.39 is 0 Å². The van der Waals surface area contributed by atoms with Crippen LogP contribution in [0, 0.1) is 5.41 Å². The Morgan fingerprint density at radius 3 is 1.54 bits per heavy atom. The molecule has 0 aromatic rings. The molecule has 0 fully saturated rings. The largest absolute Gasteiger partial charge is 0.326 e. The second-order valence-electron chi connectivity index (χ2n) is 11.9. The molecule has 0 aromatic heterocycles. The number of hydrogen-bond donors (Lipinski definition) is 3. The average Bonchev–Trinajstić information content (AvgIpc) is 2.43. The zero-order chi connectivity index (χ0) is 22.4. The minimum atomic E-state index is -0.149. The normalized spacial score (nSPS) is 14.6. The molecule has 0 bridgehead atoms. The van der Waals surface area contributed by atoms with Gasteiger partial charge in [0.2, 0.25) is 0 Å². The number of rotatable bonds is 14. The van der Waals surface area contributed by atoms with E-state index in [0.717, 1.165) is 38.9 Å². The molecule has 0 atom stereocenters. The second-order valence-corrected chi connectivity index (χ2v) is 11.9. The van der Waals surface area contributed by atoms with Crippen LogP contribution in [0.2, 0.25) is 0 Å². The van der Waals surface area contributed by atoms with Crippen LogP contribution in [0.15, 0.2) is 0 Å². The van der Waals surface area contributed by atoms with Gasteiger partial charge in [-0.25, -0.2) is 0 Å². The van der Waals surface area contributed by atoms with Crippen LogP contribution in [0.25, 0.3) is 0 Å². The summed E-state index contributed by atoms with van der Waals surface area (Å²) in [7, 11) is 0. The number of hydrogen-bond acceptors (Lipinski definition) is 4. The van der Waals surface area contributed by atoms with E-state index in [0.29, 0.717) is 12.1 Å². The fraction of sp³-hybridized carbons (Fsp3) is 1.00. The molecule has 0 heterocycles. The Kier molecular flexibility index (Phi) is 10.7. The minimum Gasteiger partial charge on any atom is -0.326 e. The van der Waals surface area contributed by atoms with E-state index in [2.05, 4.69) is 98.6 Å². The van der Waals surface area contributed by atoms with Crippen LogP contribution in [-0.2, 0) is 0 Å². The molecule has 4 heteroatoms. The van der Waals surface area contributed by atoms with Crippen molar-refractivity contribution in [2.24, 2.45) is 11.1 Å². The predicted molar refractivity (Wildman–Crippen MR) is 127 cm³/mol. The van der Waals surface area contributed by atoms with Crippen molar-refractivity contribution in [1.82, 2.24) is 15.5 Å². The lowest BCUT2D eigenvalue weighted by Crippen LogP contribution is -2.63. The van der Waals surface area contributed by atoms with Crippen LogP contribution in [0.4, 0.5) is 0 Å². The Balaban J connectivity index is 5.53. The van der Waals surface area contributed by atoms with Crippen molar-refractivity contribution in [3.8, 4) is 0 Å². The van der Waals surface area contributed by atoms with Crippen molar-refractivity contribution in [3.05, 3.63) is 0 Å². The minimum absolute atomic E-state index is 0.0538. The molecule has 0 aliphatic heterocycles. The summed E-state index contributed by atoms with van der Waals surface area (Å²) < 4.78 is 0. The van der Waals surface area contributed by atoms with Crippen molar-refractivity contribution in [2.45, 2.75) is 131 Å². The van der Waals surface area contributed by atoms with Gasteiger partial charge in [0.05, 0.1) is 0 Å². The summed E-state index contributed by atoms with van der Waals surface area (Å²) in [6.45, 7) is 30.8. The predicted octanol–water partition coefficient (Wildman–Crippen LogP) is 4.78. The SMILES string of the molecule is CC(C)NCCC(C)(C)N(CCC(C)(C)N)C(C)(C)C(C)(C)CCNC(C)C. The topological polar surface area (TPSA) is 53.3 Å². The summed E-state index contributed by atoms with van der Waals surface area (Å²) in [5.74, 6) is 0. The molecule has 4 nitrogen and oxygen atoms in total. The van der Waals surface area contributed by atoms with Gasteiger partial charge in [-0.1, -0.05) is 41.5 Å². The number of nitrogens with one attached hydrogen (secondary N) is 2. The van der Waals surface area contributed by atoms with Gasteiger partial charge in [-0.2, -0.15) is 0 Å². The monoisotopic (exact) mass is 398 g/mol. The fourth-order valence-corrected chi connectivity index (χ4v) is 3.89. The van der Waals surface area contributed by atoms with E-state index >= 15 is 0 Å². The molecular formula is C24H54N4. The second kappa shape index (κ2) is 10.7. The van der Waals surface area contributed by atoms with Crippen LogP contribution in [0.5, 0.6) is 0 Å². The van der Waals surface area contributed by atoms with Crippen molar-refractivity contribution < 1.29 is 0 Å². The molecule has 0 aromatic carbocycles. The first-order valence-corrected chi connectivity index (χ1v) is 11.5. The molecule has 4 N–H and O–H groups in total. The standard InChI is InChI=1S/C24H54N4/c1-19(2)26-16-13-21(5,6)24(11,12)28(18-15-22(7,8)25)23(9,10)14-17-27-20(3)4/h19-20,26-27H,13-18,25H2,1-12H3. The highest BCUT2D eigenvalue weighted by Crippen LogP contribution is 2.43. The highest BCUT2D eigenvalue weighted by Gasteiger charge is 2.46. The third-order valence-electron chi connectivity index (χ3n) is 6.63. The van der Waals surface area contributed by atoms with Crippen molar-refractivity contribution >= 4 is 0 Å². The lowest BCUT2D eigenvalue weighted by Gasteiger charge is -2.56. The first kappa shape index (κ1) is 27.8. The average molecular weight is 399 g/mol. The molecule has 0 amide bonds. The first-order chi connectivity index (χ1) is 12.4. The lowest BCUT2D eigenvalue weighted by atomic mass is 9.69. The Morgan fingerprint density at radius 2 is 1.14 bits per heavy atom. The third-order valence-corrected chi connectivity index (χ3v) is 6.63. The summed E-state index contributed by atoms with van der Waals surface area (Å²) in [6.07, 6.45) is 3.28. The summed E-state index contributed by atoms with van der Waals surface area (Å²) in [5.41, 5.74) is 6.56. The van der Waals surface area contributed by atoms with E-state index in [1.807, 2.05) is 0 Å². The molecule has 170 valence electrons. The number of nitrogens with two attached hydrogens (primary N) is 1. The molecule has 0 aliphatic carbocycles. The Bertz CT molecular complexity index is 430. The van der Waals surface area contributed by atoms with Crippen LogP contribution in [0.1, 0.15) is 102 Å². The summed E-state index contributed by atoms with van der Waals surface area (Å²) in [5, 5.41) is 7.21. The van der Waals surface area contributed by atoms with Crippen LogP contribution < -0.4 is 16.4 Å². The van der Waals surface area contributed by atoms with E-state index in [9.17, 15) is 0 Å². The van der Waals surface area contributed by atoms with Gasteiger partial charge in [0.15, 0.2) is 0 Å². The van der Waals surface area contributed by atoms with Crippen molar-refractivity contribution in [3.63, 3.8) is 0 Å². The van der Waals surface area contributed by atoms with Gasteiger partial charge in [-0.05, 0) is 79.3 Å². The Morgan fingerprint density at radius 1 is 0.714 bits per heavy atom. The smallest absolute Gasteiger partial charge is 0.0209 e. The van der Waals surface area contributed by atoms with Crippen molar-refractivity contribution in [2.75, 3.05) is 19.6 Å². The molecule has 0 aliphatic rings. The number of nitrogens with zero attached hydrogens (tertiary/aromatic N) is 1. The van der Waals surface area contributed by atoms with Crippen LogP contribution >= 0.6 is 0 Å². The van der Waals surface area contributed by atoms with Gasteiger partial charge >= 0.3 is 0 Å². The Labute approximate surface area is 177 Å². The summed E-state index contributed by atoms with van der Waals surface area (Å²) in [6, 6.07) is 1.06. The molecule has 0 unspecified atom stereocenters. The molecule has 0 spiro atoms. The maximum absolute atomic E-state index is 6.38. The Hall–Kier alpha value is -0.160. The van der Waals surface area contributed by atoms with Gasteiger partial charge in [-0.3, -0.25) is 4.90 Å².